The molecule has 0 unspecified atom stereocenters. The SMILES string of the molecule is COc1cc([B]c2c(F)c(F)c(F)c(OC)c2F)c(F)cc1F. The van der Waals surface area contributed by atoms with E-state index in [2.05, 4.69) is 9.47 Å². The van der Waals surface area contributed by atoms with E-state index in [0.29, 0.717) is 13.3 Å². The second-order valence-corrected chi connectivity index (χ2v) is 4.36. The summed E-state index contributed by atoms with van der Waals surface area (Å²) in [6, 6.07) is 1.24. The summed E-state index contributed by atoms with van der Waals surface area (Å²) in [5, 5.41) is 0. The van der Waals surface area contributed by atoms with Gasteiger partial charge < -0.3 is 9.47 Å². The molecule has 0 fully saturated rings. The van der Waals surface area contributed by atoms with Crippen molar-refractivity contribution in [3.05, 3.63) is 47.0 Å². The average molecular weight is 333 g/mol. The molecule has 0 aliphatic heterocycles. The van der Waals surface area contributed by atoms with Gasteiger partial charge in [0.1, 0.15) is 5.82 Å². The van der Waals surface area contributed by atoms with Crippen molar-refractivity contribution in [3.8, 4) is 11.5 Å². The molecular weight excluding hydrogens is 325 g/mol. The Morgan fingerprint density at radius 1 is 0.739 bits per heavy atom. The normalized spacial score (nSPS) is 10.6. The Kier molecular flexibility index (Phi) is 4.77. The number of ether oxygens (including phenoxy) is 2. The molecule has 0 aliphatic rings. The van der Waals surface area contributed by atoms with Crippen LogP contribution in [0.25, 0.3) is 0 Å². The van der Waals surface area contributed by atoms with Crippen LogP contribution in [0.5, 0.6) is 11.5 Å². The molecule has 0 saturated heterocycles. The summed E-state index contributed by atoms with van der Waals surface area (Å²) in [5.74, 6) is -11.0. The molecule has 2 aromatic rings. The van der Waals surface area contributed by atoms with Crippen LogP contribution in [0.4, 0.5) is 26.3 Å². The molecule has 0 bridgehead atoms. The van der Waals surface area contributed by atoms with E-state index in [1.807, 2.05) is 0 Å². The highest BCUT2D eigenvalue weighted by molar-refractivity contribution is 6.67. The van der Waals surface area contributed by atoms with Crippen LogP contribution in [0.3, 0.4) is 0 Å². The summed E-state index contributed by atoms with van der Waals surface area (Å²) in [4.78, 5) is 0. The number of halogens is 6. The smallest absolute Gasteiger partial charge is 0.206 e. The molecular formula is C14H8BF6O2. The van der Waals surface area contributed by atoms with Crippen LogP contribution < -0.4 is 20.4 Å². The molecule has 23 heavy (non-hydrogen) atoms. The predicted octanol–water partition coefficient (Wildman–Crippen LogP) is 2.19. The lowest BCUT2D eigenvalue weighted by atomic mass is 9.63. The van der Waals surface area contributed by atoms with Crippen molar-refractivity contribution >= 4 is 18.2 Å². The van der Waals surface area contributed by atoms with Gasteiger partial charge in [0, 0.05) is 6.07 Å². The number of hydrogen-bond donors (Lipinski definition) is 0. The molecule has 0 amide bonds. The molecule has 2 nitrogen and oxygen atoms in total. The summed E-state index contributed by atoms with van der Waals surface area (Å²) >= 11 is 0. The monoisotopic (exact) mass is 333 g/mol. The molecule has 0 aromatic heterocycles. The Hall–Kier alpha value is -2.32. The first kappa shape index (κ1) is 17.0. The minimum absolute atomic E-state index is 0.395. The van der Waals surface area contributed by atoms with Crippen molar-refractivity contribution < 1.29 is 35.8 Å². The van der Waals surface area contributed by atoms with Crippen LogP contribution in [0.2, 0.25) is 0 Å². The molecule has 0 aliphatic carbocycles. The van der Waals surface area contributed by atoms with Crippen molar-refractivity contribution in [2.75, 3.05) is 14.2 Å². The van der Waals surface area contributed by atoms with Crippen molar-refractivity contribution in [1.82, 2.24) is 0 Å². The fraction of sp³-hybridized carbons (Fsp3) is 0.143. The van der Waals surface area contributed by atoms with Crippen molar-refractivity contribution in [3.63, 3.8) is 0 Å². The van der Waals surface area contributed by atoms with Gasteiger partial charge in [0.2, 0.25) is 13.1 Å². The Balaban J connectivity index is 2.59. The maximum Gasteiger partial charge on any atom is 0.206 e. The van der Waals surface area contributed by atoms with Gasteiger partial charge in [0.25, 0.3) is 0 Å². The van der Waals surface area contributed by atoms with Gasteiger partial charge in [-0.2, -0.15) is 4.39 Å². The molecule has 0 spiro atoms. The van der Waals surface area contributed by atoms with E-state index in [4.69, 9.17) is 0 Å². The van der Waals surface area contributed by atoms with E-state index < -0.39 is 57.3 Å². The molecule has 2 aromatic carbocycles. The second kappa shape index (κ2) is 6.43. The second-order valence-electron chi connectivity index (χ2n) is 4.36. The highest BCUT2D eigenvalue weighted by Gasteiger charge is 2.27. The van der Waals surface area contributed by atoms with E-state index in [1.165, 1.54) is 0 Å². The van der Waals surface area contributed by atoms with Gasteiger partial charge in [-0.1, -0.05) is 0 Å². The maximum atomic E-state index is 14.0. The maximum absolute atomic E-state index is 14.0. The van der Waals surface area contributed by atoms with Crippen molar-refractivity contribution in [1.29, 1.82) is 0 Å². The largest absolute Gasteiger partial charge is 0.494 e. The van der Waals surface area contributed by atoms with Gasteiger partial charge in [-0.25, -0.2) is 22.0 Å². The van der Waals surface area contributed by atoms with E-state index in [0.717, 1.165) is 20.3 Å². The van der Waals surface area contributed by atoms with Gasteiger partial charge in [-0.3, -0.25) is 0 Å². The summed E-state index contributed by atoms with van der Waals surface area (Å²) < 4.78 is 90.5. The molecule has 2 rings (SSSR count). The fourth-order valence-electron chi connectivity index (χ4n) is 1.90. The highest BCUT2D eigenvalue weighted by Crippen LogP contribution is 2.24. The van der Waals surface area contributed by atoms with Crippen molar-refractivity contribution in [2.24, 2.45) is 0 Å². The predicted molar refractivity (Wildman–Crippen MR) is 70.8 cm³/mol. The summed E-state index contributed by atoms with van der Waals surface area (Å²) in [5.41, 5.74) is -1.57. The van der Waals surface area contributed by atoms with Crippen LogP contribution in [-0.4, -0.2) is 21.5 Å². The van der Waals surface area contributed by atoms with E-state index in [1.54, 1.807) is 0 Å². The summed E-state index contributed by atoms with van der Waals surface area (Å²) in [6.07, 6.45) is 0. The third-order valence-electron chi connectivity index (χ3n) is 3.03. The minimum Gasteiger partial charge on any atom is -0.494 e. The molecule has 1 radical (unpaired) electrons. The first-order chi connectivity index (χ1) is 10.8. The topological polar surface area (TPSA) is 18.5 Å². The van der Waals surface area contributed by atoms with E-state index >= 15 is 0 Å². The van der Waals surface area contributed by atoms with Crippen LogP contribution in [0, 0.1) is 34.9 Å². The summed E-state index contributed by atoms with van der Waals surface area (Å²) in [7, 11) is 2.50. The Labute approximate surface area is 127 Å². The van der Waals surface area contributed by atoms with Gasteiger partial charge in [-0.05, 0) is 17.0 Å². The standard InChI is InChI=1S/C14H8BF6O2/c1-22-8-3-5(6(16)4-7(8)17)15-9-10(18)12(20)13(21)14(23-2)11(9)19/h3-4H,1-2H3. The molecule has 0 atom stereocenters. The van der Waals surface area contributed by atoms with Crippen LogP contribution in [0.1, 0.15) is 0 Å². The zero-order valence-electron chi connectivity index (χ0n) is 11.8. The van der Waals surface area contributed by atoms with E-state index in [-0.39, 0.29) is 0 Å². The van der Waals surface area contributed by atoms with Crippen molar-refractivity contribution in [2.45, 2.75) is 0 Å². The van der Waals surface area contributed by atoms with Crippen LogP contribution in [-0.2, 0) is 0 Å². The fourth-order valence-corrected chi connectivity index (χ4v) is 1.90. The lowest BCUT2D eigenvalue weighted by Gasteiger charge is -2.12. The first-order valence-electron chi connectivity index (χ1n) is 6.09. The summed E-state index contributed by atoms with van der Waals surface area (Å²) in [6.45, 7) is 0. The van der Waals surface area contributed by atoms with Gasteiger partial charge >= 0.3 is 0 Å². The minimum atomic E-state index is -1.98. The Morgan fingerprint density at radius 2 is 1.39 bits per heavy atom. The lowest BCUT2D eigenvalue weighted by molar-refractivity contribution is 0.338. The zero-order valence-corrected chi connectivity index (χ0v) is 11.8. The quantitative estimate of drug-likeness (QED) is 0.370. The number of rotatable bonds is 4. The first-order valence-corrected chi connectivity index (χ1v) is 6.09. The van der Waals surface area contributed by atoms with E-state index in [9.17, 15) is 26.3 Å². The Morgan fingerprint density at radius 3 is 1.96 bits per heavy atom. The molecule has 0 heterocycles. The number of methoxy groups -OCH3 is 2. The molecule has 121 valence electrons. The highest BCUT2D eigenvalue weighted by atomic mass is 19.2. The lowest BCUT2D eigenvalue weighted by Crippen LogP contribution is -2.36. The zero-order chi connectivity index (χ0) is 17.3. The van der Waals surface area contributed by atoms with Crippen LogP contribution in [0.15, 0.2) is 12.1 Å². The number of hydrogen-bond acceptors (Lipinski definition) is 2. The van der Waals surface area contributed by atoms with Gasteiger partial charge in [0.05, 0.1) is 14.2 Å². The number of benzene rings is 2. The molecule has 9 heteroatoms. The average Bonchev–Trinajstić information content (AvgIpc) is 2.52. The third kappa shape index (κ3) is 2.95. The van der Waals surface area contributed by atoms with Gasteiger partial charge in [-0.15, -0.1) is 0 Å². The molecule has 0 N–H and O–H groups in total. The third-order valence-corrected chi connectivity index (χ3v) is 3.03. The Bertz CT molecular complexity index is 766. The molecule has 0 saturated carbocycles. The van der Waals surface area contributed by atoms with Crippen LogP contribution >= 0.6 is 0 Å². The van der Waals surface area contributed by atoms with Gasteiger partial charge in [0.15, 0.2) is 34.8 Å².